The maximum atomic E-state index is 11.8. The van der Waals surface area contributed by atoms with Gasteiger partial charge in [0, 0.05) is 6.54 Å². The van der Waals surface area contributed by atoms with Crippen molar-refractivity contribution in [3.63, 3.8) is 0 Å². The van der Waals surface area contributed by atoms with Gasteiger partial charge in [-0.2, -0.15) is 0 Å². The number of anilines is 1. The number of hydrogen-bond acceptors (Lipinski definition) is 5. The highest BCUT2D eigenvalue weighted by molar-refractivity contribution is 7.89. The summed E-state index contributed by atoms with van der Waals surface area (Å²) >= 11 is 0. The van der Waals surface area contributed by atoms with E-state index >= 15 is 0 Å². The summed E-state index contributed by atoms with van der Waals surface area (Å²) in [5, 5.41) is 0. The molecule has 0 radical (unpaired) electrons. The first-order valence-corrected chi connectivity index (χ1v) is 6.88. The minimum atomic E-state index is -3.54. The monoisotopic (exact) mass is 258 g/mol. The minimum Gasteiger partial charge on any atom is -0.368 e. The zero-order chi connectivity index (χ0) is 13.1. The van der Waals surface area contributed by atoms with Crippen molar-refractivity contribution in [1.29, 1.82) is 0 Å². The molecule has 1 heterocycles. The standard InChI is InChI=1S/C10H18N4O2S/c1-7(2)8(3)4-14-17(15,16)9-5-12-10(11)13-6-9/h5-8,14H,4H2,1-3H3,(H2,11,12,13). The molecule has 17 heavy (non-hydrogen) atoms. The van der Waals surface area contributed by atoms with E-state index in [0.717, 1.165) is 0 Å². The lowest BCUT2D eigenvalue weighted by atomic mass is 9.99. The molecule has 0 saturated heterocycles. The van der Waals surface area contributed by atoms with Crippen molar-refractivity contribution in [3.8, 4) is 0 Å². The predicted molar refractivity (Wildman–Crippen MR) is 65.6 cm³/mol. The molecule has 0 bridgehead atoms. The van der Waals surface area contributed by atoms with Gasteiger partial charge in [0.1, 0.15) is 4.90 Å². The highest BCUT2D eigenvalue weighted by Gasteiger charge is 2.17. The van der Waals surface area contributed by atoms with Gasteiger partial charge in [-0.15, -0.1) is 0 Å². The molecule has 0 spiro atoms. The molecular formula is C10H18N4O2S. The Morgan fingerprint density at radius 3 is 2.29 bits per heavy atom. The molecule has 1 aromatic heterocycles. The molecule has 1 rings (SSSR count). The van der Waals surface area contributed by atoms with Crippen molar-refractivity contribution >= 4 is 16.0 Å². The third-order valence-corrected chi connectivity index (χ3v) is 4.07. The molecule has 0 fully saturated rings. The zero-order valence-corrected chi connectivity index (χ0v) is 11.0. The van der Waals surface area contributed by atoms with E-state index in [4.69, 9.17) is 5.73 Å². The van der Waals surface area contributed by atoms with Crippen molar-refractivity contribution in [2.24, 2.45) is 11.8 Å². The van der Waals surface area contributed by atoms with Crippen LogP contribution in [0.4, 0.5) is 5.95 Å². The Hall–Kier alpha value is -1.21. The molecule has 1 aromatic rings. The molecule has 0 aromatic carbocycles. The fraction of sp³-hybridized carbons (Fsp3) is 0.600. The Bertz CT molecular complexity index is 456. The van der Waals surface area contributed by atoms with Crippen LogP contribution in [0.3, 0.4) is 0 Å². The predicted octanol–water partition coefficient (Wildman–Crippen LogP) is 0.629. The van der Waals surface area contributed by atoms with E-state index in [9.17, 15) is 8.42 Å². The molecule has 1 unspecified atom stereocenters. The van der Waals surface area contributed by atoms with Crippen molar-refractivity contribution in [2.45, 2.75) is 25.7 Å². The summed E-state index contributed by atoms with van der Waals surface area (Å²) in [7, 11) is -3.54. The first kappa shape index (κ1) is 13.9. The number of nitrogen functional groups attached to an aromatic ring is 1. The minimum absolute atomic E-state index is 0.0302. The van der Waals surface area contributed by atoms with Gasteiger partial charge in [-0.25, -0.2) is 23.1 Å². The van der Waals surface area contributed by atoms with E-state index < -0.39 is 10.0 Å². The van der Waals surface area contributed by atoms with Gasteiger partial charge in [0.15, 0.2) is 0 Å². The molecule has 6 nitrogen and oxygen atoms in total. The summed E-state index contributed by atoms with van der Waals surface area (Å²) in [6.07, 6.45) is 2.40. The zero-order valence-electron chi connectivity index (χ0n) is 10.2. The average molecular weight is 258 g/mol. The van der Waals surface area contributed by atoms with E-state index in [0.29, 0.717) is 12.5 Å². The molecular weight excluding hydrogens is 240 g/mol. The fourth-order valence-electron chi connectivity index (χ4n) is 1.03. The summed E-state index contributed by atoms with van der Waals surface area (Å²) in [4.78, 5) is 7.34. The maximum absolute atomic E-state index is 11.8. The highest BCUT2D eigenvalue weighted by atomic mass is 32.2. The SMILES string of the molecule is CC(C)C(C)CNS(=O)(=O)c1cnc(N)nc1. The normalized spacial score (nSPS) is 13.9. The highest BCUT2D eigenvalue weighted by Crippen LogP contribution is 2.10. The van der Waals surface area contributed by atoms with E-state index in [-0.39, 0.29) is 16.8 Å². The average Bonchev–Trinajstić information content (AvgIpc) is 2.26. The van der Waals surface area contributed by atoms with E-state index in [1.54, 1.807) is 0 Å². The molecule has 1 atom stereocenters. The number of nitrogens with one attached hydrogen (secondary N) is 1. The lowest BCUT2D eigenvalue weighted by Gasteiger charge is -2.15. The number of hydrogen-bond donors (Lipinski definition) is 2. The molecule has 0 aliphatic carbocycles. The summed E-state index contributed by atoms with van der Waals surface area (Å²) in [6.45, 7) is 6.48. The number of sulfonamides is 1. The second kappa shape index (κ2) is 5.42. The summed E-state index contributed by atoms with van der Waals surface area (Å²) in [5.74, 6) is 0.736. The number of rotatable bonds is 5. The Balaban J connectivity index is 2.72. The Morgan fingerprint density at radius 1 is 1.29 bits per heavy atom. The van der Waals surface area contributed by atoms with Crippen LogP contribution in [0.15, 0.2) is 17.3 Å². The van der Waals surface area contributed by atoms with Gasteiger partial charge in [0.2, 0.25) is 16.0 Å². The summed E-state index contributed by atoms with van der Waals surface area (Å²) in [6, 6.07) is 0. The van der Waals surface area contributed by atoms with Crippen molar-refractivity contribution in [2.75, 3.05) is 12.3 Å². The van der Waals surface area contributed by atoms with Crippen molar-refractivity contribution < 1.29 is 8.42 Å². The third kappa shape index (κ3) is 3.94. The Morgan fingerprint density at radius 2 is 1.82 bits per heavy atom. The first-order valence-electron chi connectivity index (χ1n) is 5.40. The van der Waals surface area contributed by atoms with Crippen LogP contribution in [0.2, 0.25) is 0 Å². The van der Waals surface area contributed by atoms with Crippen LogP contribution in [0.25, 0.3) is 0 Å². The van der Waals surface area contributed by atoms with Crippen LogP contribution in [0.1, 0.15) is 20.8 Å². The number of nitrogens with two attached hydrogens (primary N) is 1. The smallest absolute Gasteiger partial charge is 0.243 e. The third-order valence-electron chi connectivity index (χ3n) is 2.69. The fourth-order valence-corrected chi connectivity index (χ4v) is 2.06. The van der Waals surface area contributed by atoms with Crippen molar-refractivity contribution in [3.05, 3.63) is 12.4 Å². The maximum Gasteiger partial charge on any atom is 0.243 e. The lowest BCUT2D eigenvalue weighted by molar-refractivity contribution is 0.414. The van der Waals surface area contributed by atoms with Crippen LogP contribution >= 0.6 is 0 Å². The van der Waals surface area contributed by atoms with Gasteiger partial charge < -0.3 is 5.73 Å². The summed E-state index contributed by atoms with van der Waals surface area (Å²) < 4.78 is 26.2. The van der Waals surface area contributed by atoms with Gasteiger partial charge in [-0.1, -0.05) is 20.8 Å². The molecule has 0 aliphatic rings. The Kier molecular flexibility index (Phi) is 4.41. The van der Waals surface area contributed by atoms with Crippen LogP contribution in [0.5, 0.6) is 0 Å². The molecule has 96 valence electrons. The quantitative estimate of drug-likeness (QED) is 0.807. The first-order chi connectivity index (χ1) is 7.83. The van der Waals surface area contributed by atoms with Gasteiger partial charge in [-0.3, -0.25) is 0 Å². The van der Waals surface area contributed by atoms with Gasteiger partial charge in [0.05, 0.1) is 12.4 Å². The van der Waals surface area contributed by atoms with E-state index in [2.05, 4.69) is 14.7 Å². The lowest BCUT2D eigenvalue weighted by Crippen LogP contribution is -2.30. The molecule has 0 aliphatic heterocycles. The van der Waals surface area contributed by atoms with Gasteiger partial charge >= 0.3 is 0 Å². The van der Waals surface area contributed by atoms with E-state index in [1.807, 2.05) is 20.8 Å². The second-order valence-electron chi connectivity index (χ2n) is 4.35. The largest absolute Gasteiger partial charge is 0.368 e. The topological polar surface area (TPSA) is 98.0 Å². The number of nitrogens with zero attached hydrogens (tertiary/aromatic N) is 2. The molecule has 0 saturated carbocycles. The molecule has 7 heteroatoms. The Labute approximate surface area is 102 Å². The second-order valence-corrected chi connectivity index (χ2v) is 6.12. The van der Waals surface area contributed by atoms with Crippen LogP contribution in [-0.2, 0) is 10.0 Å². The summed E-state index contributed by atoms with van der Waals surface area (Å²) in [5.41, 5.74) is 5.29. The van der Waals surface area contributed by atoms with Gasteiger partial charge in [-0.05, 0) is 11.8 Å². The van der Waals surface area contributed by atoms with Crippen LogP contribution in [0, 0.1) is 11.8 Å². The molecule has 0 amide bonds. The van der Waals surface area contributed by atoms with Crippen LogP contribution < -0.4 is 10.5 Å². The number of aromatic nitrogens is 2. The van der Waals surface area contributed by atoms with Gasteiger partial charge in [0.25, 0.3) is 0 Å². The van der Waals surface area contributed by atoms with Crippen LogP contribution in [-0.4, -0.2) is 24.9 Å². The van der Waals surface area contributed by atoms with Crippen molar-refractivity contribution in [1.82, 2.24) is 14.7 Å². The van der Waals surface area contributed by atoms with E-state index in [1.165, 1.54) is 12.4 Å². The molecule has 3 N–H and O–H groups in total.